The van der Waals surface area contributed by atoms with Gasteiger partial charge < -0.3 is 14.8 Å². The van der Waals surface area contributed by atoms with Gasteiger partial charge in [0.2, 0.25) is 0 Å². The van der Waals surface area contributed by atoms with E-state index in [4.69, 9.17) is 9.47 Å². The summed E-state index contributed by atoms with van der Waals surface area (Å²) >= 11 is 0. The van der Waals surface area contributed by atoms with E-state index < -0.39 is 11.7 Å². The normalized spacial score (nSPS) is 12.2. The molecular formula is C19H27NO5. The van der Waals surface area contributed by atoms with E-state index in [0.717, 1.165) is 5.56 Å². The molecule has 1 aromatic carbocycles. The number of amides is 1. The van der Waals surface area contributed by atoms with Gasteiger partial charge in [0.25, 0.3) is 0 Å². The van der Waals surface area contributed by atoms with Crippen LogP contribution in [0.4, 0.5) is 4.79 Å². The van der Waals surface area contributed by atoms with Crippen LogP contribution in [-0.4, -0.2) is 30.0 Å². The predicted octanol–water partition coefficient (Wildman–Crippen LogP) is 3.24. The fourth-order valence-corrected chi connectivity index (χ4v) is 1.94. The summed E-state index contributed by atoms with van der Waals surface area (Å²) in [5.41, 5.74) is 0.310. The van der Waals surface area contributed by atoms with Gasteiger partial charge in [-0.2, -0.15) is 0 Å². The molecule has 6 heteroatoms. The fraction of sp³-hybridized carbons (Fsp3) is 0.526. The van der Waals surface area contributed by atoms with Gasteiger partial charge in [0, 0.05) is 6.42 Å². The minimum Gasteiger partial charge on any atom is -0.461 e. The first kappa shape index (κ1) is 20.7. The SMILES string of the molecule is C[C@@H](CCC(=O)CNC(=O)OC(C)(C)C)C(=O)OCc1ccccc1. The third-order valence-corrected chi connectivity index (χ3v) is 3.31. The van der Waals surface area contributed by atoms with Crippen molar-refractivity contribution in [3.63, 3.8) is 0 Å². The fourth-order valence-electron chi connectivity index (χ4n) is 1.94. The Bertz CT molecular complexity index is 577. The lowest BCUT2D eigenvalue weighted by molar-refractivity contribution is -0.149. The van der Waals surface area contributed by atoms with Crippen molar-refractivity contribution in [1.29, 1.82) is 0 Å². The van der Waals surface area contributed by atoms with Gasteiger partial charge in [-0.25, -0.2) is 4.79 Å². The average Bonchev–Trinajstić information content (AvgIpc) is 2.55. The van der Waals surface area contributed by atoms with Crippen molar-refractivity contribution in [3.8, 4) is 0 Å². The molecule has 25 heavy (non-hydrogen) atoms. The Kier molecular flexibility index (Phi) is 8.11. The maximum absolute atomic E-state index is 11.9. The number of benzene rings is 1. The van der Waals surface area contributed by atoms with Crippen LogP contribution in [0.2, 0.25) is 0 Å². The number of esters is 1. The van der Waals surface area contributed by atoms with Crippen molar-refractivity contribution in [2.24, 2.45) is 5.92 Å². The van der Waals surface area contributed by atoms with Gasteiger partial charge in [-0.1, -0.05) is 37.3 Å². The van der Waals surface area contributed by atoms with E-state index in [9.17, 15) is 14.4 Å². The zero-order chi connectivity index (χ0) is 18.9. The first-order chi connectivity index (χ1) is 11.7. The van der Waals surface area contributed by atoms with Gasteiger partial charge in [-0.15, -0.1) is 0 Å². The molecule has 0 aliphatic rings. The zero-order valence-electron chi connectivity index (χ0n) is 15.3. The molecule has 0 fully saturated rings. The minimum atomic E-state index is -0.629. The molecule has 0 saturated heterocycles. The van der Waals surface area contributed by atoms with E-state index in [-0.39, 0.29) is 37.2 Å². The van der Waals surface area contributed by atoms with Crippen molar-refractivity contribution in [2.45, 2.75) is 52.7 Å². The third-order valence-electron chi connectivity index (χ3n) is 3.31. The highest BCUT2D eigenvalue weighted by Gasteiger charge is 2.18. The Balaban J connectivity index is 2.23. The Morgan fingerprint density at radius 2 is 1.76 bits per heavy atom. The number of ketones is 1. The molecule has 0 heterocycles. The largest absolute Gasteiger partial charge is 0.461 e. The van der Waals surface area contributed by atoms with Crippen LogP contribution in [0.3, 0.4) is 0 Å². The average molecular weight is 349 g/mol. The lowest BCUT2D eigenvalue weighted by Crippen LogP contribution is -2.35. The summed E-state index contributed by atoms with van der Waals surface area (Å²) in [6.07, 6.45) is -0.0592. The Morgan fingerprint density at radius 1 is 1.12 bits per heavy atom. The second-order valence-electron chi connectivity index (χ2n) is 6.93. The smallest absolute Gasteiger partial charge is 0.408 e. The number of Topliss-reactive ketones (excluding diaryl/α,β-unsaturated/α-hetero) is 1. The quantitative estimate of drug-likeness (QED) is 0.729. The van der Waals surface area contributed by atoms with E-state index >= 15 is 0 Å². The van der Waals surface area contributed by atoms with Gasteiger partial charge in [0.05, 0.1) is 12.5 Å². The number of hydrogen-bond donors (Lipinski definition) is 1. The van der Waals surface area contributed by atoms with E-state index in [1.165, 1.54) is 0 Å². The molecule has 0 aliphatic carbocycles. The number of alkyl carbamates (subject to hydrolysis) is 1. The molecule has 6 nitrogen and oxygen atoms in total. The predicted molar refractivity (Wildman–Crippen MR) is 93.9 cm³/mol. The van der Waals surface area contributed by atoms with E-state index in [0.29, 0.717) is 6.42 Å². The van der Waals surface area contributed by atoms with Crippen LogP contribution in [0.5, 0.6) is 0 Å². The maximum Gasteiger partial charge on any atom is 0.408 e. The second-order valence-corrected chi connectivity index (χ2v) is 6.93. The van der Waals surface area contributed by atoms with Crippen molar-refractivity contribution in [3.05, 3.63) is 35.9 Å². The molecule has 0 aromatic heterocycles. The summed E-state index contributed by atoms with van der Waals surface area (Å²) in [5.74, 6) is -0.875. The number of rotatable bonds is 8. The number of carbonyl (C=O) groups excluding carboxylic acids is 3. The molecule has 1 rings (SSSR count). The van der Waals surface area contributed by atoms with Crippen molar-refractivity contribution >= 4 is 17.8 Å². The highest BCUT2D eigenvalue weighted by atomic mass is 16.6. The summed E-state index contributed by atoms with van der Waals surface area (Å²) in [6, 6.07) is 9.41. The van der Waals surface area contributed by atoms with E-state index in [1.54, 1.807) is 27.7 Å². The topological polar surface area (TPSA) is 81.7 Å². The van der Waals surface area contributed by atoms with Gasteiger partial charge in [-0.05, 0) is 32.8 Å². The summed E-state index contributed by atoms with van der Waals surface area (Å²) < 4.78 is 10.3. The minimum absolute atomic E-state index is 0.110. The maximum atomic E-state index is 11.9. The summed E-state index contributed by atoms with van der Waals surface area (Å²) in [6.45, 7) is 7.08. The van der Waals surface area contributed by atoms with Gasteiger partial charge in [-0.3, -0.25) is 9.59 Å². The highest BCUT2D eigenvalue weighted by Crippen LogP contribution is 2.11. The lowest BCUT2D eigenvalue weighted by atomic mass is 10.0. The molecule has 0 spiro atoms. The molecule has 0 aliphatic heterocycles. The first-order valence-electron chi connectivity index (χ1n) is 8.36. The Hall–Kier alpha value is -2.37. The van der Waals surface area contributed by atoms with Crippen LogP contribution in [0.15, 0.2) is 30.3 Å². The van der Waals surface area contributed by atoms with Gasteiger partial charge in [0.15, 0.2) is 5.78 Å². The standard InChI is InChI=1S/C19H27NO5/c1-14(17(22)24-13-15-8-6-5-7-9-15)10-11-16(21)12-20-18(23)25-19(2,3)4/h5-9,14H,10-13H2,1-4H3,(H,20,23)/t14-/m0/s1. The third kappa shape index (κ3) is 9.49. The van der Waals surface area contributed by atoms with Crippen LogP contribution in [0.1, 0.15) is 46.1 Å². The molecule has 1 aromatic rings. The van der Waals surface area contributed by atoms with Crippen molar-refractivity contribution < 1.29 is 23.9 Å². The van der Waals surface area contributed by atoms with Crippen LogP contribution in [0.25, 0.3) is 0 Å². The molecule has 0 unspecified atom stereocenters. The number of carbonyl (C=O) groups is 3. The number of ether oxygens (including phenoxy) is 2. The lowest BCUT2D eigenvalue weighted by Gasteiger charge is -2.19. The summed E-state index contributed by atoms with van der Waals surface area (Å²) in [4.78, 5) is 35.2. The Labute approximate surface area is 148 Å². The molecule has 0 radical (unpaired) electrons. The van der Waals surface area contributed by atoms with Gasteiger partial charge in [0.1, 0.15) is 12.2 Å². The second kappa shape index (κ2) is 9.81. The molecule has 0 bridgehead atoms. The molecule has 1 atom stereocenters. The van der Waals surface area contributed by atoms with Crippen LogP contribution in [-0.2, 0) is 25.7 Å². The zero-order valence-corrected chi connectivity index (χ0v) is 15.3. The van der Waals surface area contributed by atoms with Crippen LogP contribution >= 0.6 is 0 Å². The molecular weight excluding hydrogens is 322 g/mol. The number of hydrogen-bond acceptors (Lipinski definition) is 5. The van der Waals surface area contributed by atoms with Crippen LogP contribution < -0.4 is 5.32 Å². The van der Waals surface area contributed by atoms with Crippen molar-refractivity contribution in [1.82, 2.24) is 5.32 Å². The summed E-state index contributed by atoms with van der Waals surface area (Å²) in [7, 11) is 0. The first-order valence-corrected chi connectivity index (χ1v) is 8.36. The molecule has 1 amide bonds. The van der Waals surface area contributed by atoms with E-state index in [2.05, 4.69) is 5.32 Å². The molecule has 138 valence electrons. The molecule has 1 N–H and O–H groups in total. The van der Waals surface area contributed by atoms with Gasteiger partial charge >= 0.3 is 12.1 Å². The van der Waals surface area contributed by atoms with Crippen LogP contribution in [0, 0.1) is 5.92 Å². The summed E-state index contributed by atoms with van der Waals surface area (Å²) in [5, 5.41) is 2.41. The Morgan fingerprint density at radius 3 is 2.36 bits per heavy atom. The highest BCUT2D eigenvalue weighted by molar-refractivity contribution is 5.84. The monoisotopic (exact) mass is 349 g/mol. The van der Waals surface area contributed by atoms with Crippen molar-refractivity contribution in [2.75, 3.05) is 6.54 Å². The molecule has 0 saturated carbocycles. The van der Waals surface area contributed by atoms with E-state index in [1.807, 2.05) is 30.3 Å². The number of nitrogens with one attached hydrogen (secondary N) is 1.